The Balaban J connectivity index is 1.12. The Morgan fingerprint density at radius 3 is 2.46 bits per heavy atom. The first kappa shape index (κ1) is 36.4. The SMILES string of the molecule is O=C(NC1CCCC1)N[C@H]1CCCCC/C=C\[C@@H]2C[C@@]2(C(=O)NS(=O)(=O)C2CC2)CC(=O)C2C[C@@H](OC(=O)N3Cc4cccc(F)c4C3)CN2C1=O. The van der Waals surface area contributed by atoms with Crippen molar-refractivity contribution in [3.05, 3.63) is 47.3 Å². The summed E-state index contributed by atoms with van der Waals surface area (Å²) >= 11 is 0. The molecule has 0 bridgehead atoms. The Hall–Kier alpha value is -4.01. The second-order valence-electron chi connectivity index (χ2n) is 15.5. The van der Waals surface area contributed by atoms with Crippen molar-refractivity contribution in [3.63, 3.8) is 0 Å². The Kier molecular flexibility index (Phi) is 10.3. The lowest BCUT2D eigenvalue weighted by molar-refractivity contribution is -0.140. The molecule has 52 heavy (non-hydrogen) atoms. The highest BCUT2D eigenvalue weighted by Gasteiger charge is 2.61. The fraction of sp³-hybridized carbons (Fsp3) is 0.649. The molecule has 3 heterocycles. The van der Waals surface area contributed by atoms with Crippen LogP contribution in [0.4, 0.5) is 14.0 Å². The minimum Gasteiger partial charge on any atom is -0.444 e. The van der Waals surface area contributed by atoms with Crippen LogP contribution in [-0.2, 0) is 42.2 Å². The number of urea groups is 1. The second-order valence-corrected chi connectivity index (χ2v) is 17.4. The molecule has 7 rings (SSSR count). The third-order valence-electron chi connectivity index (χ3n) is 11.7. The molecule has 15 heteroatoms. The van der Waals surface area contributed by atoms with Crippen LogP contribution in [0.25, 0.3) is 0 Å². The number of halogens is 1. The molecule has 0 radical (unpaired) electrons. The first-order valence-electron chi connectivity index (χ1n) is 18.8. The highest BCUT2D eigenvalue weighted by atomic mass is 32.2. The molecule has 0 aromatic heterocycles. The van der Waals surface area contributed by atoms with Gasteiger partial charge < -0.3 is 20.3 Å². The molecule has 5 amide bonds. The van der Waals surface area contributed by atoms with Gasteiger partial charge in [0.1, 0.15) is 18.0 Å². The van der Waals surface area contributed by atoms with Crippen molar-refractivity contribution < 1.29 is 41.5 Å². The van der Waals surface area contributed by atoms with Crippen molar-refractivity contribution in [1.29, 1.82) is 0 Å². The van der Waals surface area contributed by atoms with Gasteiger partial charge in [-0.2, -0.15) is 0 Å². The number of ketones is 1. The first-order valence-corrected chi connectivity index (χ1v) is 20.3. The lowest BCUT2D eigenvalue weighted by Crippen LogP contribution is -2.55. The molecule has 3 N–H and O–H groups in total. The summed E-state index contributed by atoms with van der Waals surface area (Å²) in [5, 5.41) is 5.22. The second kappa shape index (κ2) is 14.8. The molecule has 13 nitrogen and oxygen atoms in total. The molecule has 4 fully saturated rings. The molecule has 5 atom stereocenters. The zero-order valence-electron chi connectivity index (χ0n) is 29.3. The Labute approximate surface area is 303 Å². The fourth-order valence-corrected chi connectivity index (χ4v) is 9.76. The number of sulfonamides is 1. The van der Waals surface area contributed by atoms with Crippen molar-refractivity contribution in [1.82, 2.24) is 25.2 Å². The van der Waals surface area contributed by atoms with Gasteiger partial charge in [0.25, 0.3) is 0 Å². The van der Waals surface area contributed by atoms with Crippen molar-refractivity contribution in [2.24, 2.45) is 11.3 Å². The van der Waals surface area contributed by atoms with Gasteiger partial charge in [-0.1, -0.05) is 50.0 Å². The van der Waals surface area contributed by atoms with Crippen LogP contribution >= 0.6 is 0 Å². The number of amides is 5. The Morgan fingerprint density at radius 2 is 1.71 bits per heavy atom. The normalized spacial score (nSPS) is 30.3. The summed E-state index contributed by atoms with van der Waals surface area (Å²) in [7, 11) is -3.87. The van der Waals surface area contributed by atoms with E-state index < -0.39 is 74.4 Å². The van der Waals surface area contributed by atoms with Crippen LogP contribution in [0, 0.1) is 17.2 Å². The topological polar surface area (TPSA) is 171 Å². The third-order valence-corrected chi connectivity index (χ3v) is 13.5. The number of allylic oxidation sites excluding steroid dienone is 2. The number of carbonyl (C=O) groups excluding carboxylic acids is 5. The maximum atomic E-state index is 14.4. The average Bonchev–Trinajstić information content (AvgIpc) is 3.88. The van der Waals surface area contributed by atoms with E-state index in [4.69, 9.17) is 4.74 Å². The lowest BCUT2D eigenvalue weighted by atomic mass is 9.91. The number of carbonyl (C=O) groups is 5. The number of hydrogen-bond donors (Lipinski definition) is 3. The average molecular weight is 742 g/mol. The fourth-order valence-electron chi connectivity index (χ4n) is 8.37. The molecular weight excluding hydrogens is 693 g/mol. The molecule has 1 aromatic rings. The number of hydrogen-bond acceptors (Lipinski definition) is 8. The van der Waals surface area contributed by atoms with Crippen molar-refractivity contribution in [2.75, 3.05) is 6.54 Å². The summed E-state index contributed by atoms with van der Waals surface area (Å²) < 4.78 is 48.1. The maximum absolute atomic E-state index is 14.4. The van der Waals surface area contributed by atoms with E-state index in [2.05, 4.69) is 15.4 Å². The predicted octanol–water partition coefficient (Wildman–Crippen LogP) is 3.95. The molecular formula is C37H48FN5O8S. The van der Waals surface area contributed by atoms with Crippen LogP contribution in [0.15, 0.2) is 30.4 Å². The smallest absolute Gasteiger partial charge is 0.410 e. The van der Waals surface area contributed by atoms with Gasteiger partial charge in [-0.3, -0.25) is 24.0 Å². The maximum Gasteiger partial charge on any atom is 0.410 e. The molecule has 1 unspecified atom stereocenters. The van der Waals surface area contributed by atoms with Gasteiger partial charge in [-0.15, -0.1) is 0 Å². The Morgan fingerprint density at radius 1 is 0.942 bits per heavy atom. The Bertz CT molecular complexity index is 1740. The van der Waals surface area contributed by atoms with Crippen molar-refractivity contribution in [2.45, 2.75) is 132 Å². The predicted molar refractivity (Wildman–Crippen MR) is 186 cm³/mol. The van der Waals surface area contributed by atoms with Gasteiger partial charge in [0.2, 0.25) is 21.8 Å². The molecule has 6 aliphatic rings. The van der Waals surface area contributed by atoms with Gasteiger partial charge in [0.05, 0.1) is 29.8 Å². The number of benzene rings is 1. The number of rotatable bonds is 6. The van der Waals surface area contributed by atoms with E-state index in [1.165, 1.54) is 15.9 Å². The standard InChI is InChI=1S/C37H48FN5O8S/c38-29-13-8-9-23-20-42(22-28(23)29)36(48)51-26-17-31-32(44)19-37(34(46)41-52(49,50)27-15-16-27)18-24(37)10-4-2-1-3-5-14-30(33(45)43(31)21-26)40-35(47)39-25-11-6-7-12-25/h4,8-10,13,24-27,30-31H,1-3,5-7,11-12,14-22H2,(H,41,46)(H2,39,40,47)/b10-4-/t24-,26-,30+,31?,37-/m1/s1. The van der Waals surface area contributed by atoms with E-state index in [-0.39, 0.29) is 50.9 Å². The van der Waals surface area contributed by atoms with E-state index in [9.17, 15) is 36.8 Å². The number of nitrogens with zero attached hydrogens (tertiary/aromatic N) is 2. The number of nitrogens with one attached hydrogen (secondary N) is 3. The van der Waals surface area contributed by atoms with E-state index >= 15 is 0 Å². The van der Waals surface area contributed by atoms with E-state index in [0.717, 1.165) is 38.5 Å². The number of ether oxygens (including phenoxy) is 1. The third kappa shape index (κ3) is 7.84. The van der Waals surface area contributed by atoms with Gasteiger partial charge in [0.15, 0.2) is 5.78 Å². The molecule has 1 saturated heterocycles. The minimum atomic E-state index is -3.87. The molecule has 1 aromatic carbocycles. The van der Waals surface area contributed by atoms with Crippen molar-refractivity contribution in [3.8, 4) is 0 Å². The summed E-state index contributed by atoms with van der Waals surface area (Å²) in [6.45, 7) is 0.0656. The molecule has 282 valence electrons. The molecule has 3 aliphatic heterocycles. The van der Waals surface area contributed by atoms with Crippen LogP contribution in [0.1, 0.15) is 101 Å². The zero-order chi connectivity index (χ0) is 36.6. The van der Waals surface area contributed by atoms with Gasteiger partial charge in [0, 0.05) is 31.0 Å². The van der Waals surface area contributed by atoms with Gasteiger partial charge in [-0.05, 0) is 68.9 Å². The highest BCUT2D eigenvalue weighted by Crippen LogP contribution is 2.57. The van der Waals surface area contributed by atoms with Crippen LogP contribution < -0.4 is 15.4 Å². The van der Waals surface area contributed by atoms with Crippen LogP contribution in [-0.4, -0.2) is 84.0 Å². The monoisotopic (exact) mass is 741 g/mol. The lowest BCUT2D eigenvalue weighted by Gasteiger charge is -2.29. The minimum absolute atomic E-state index is 0.0248. The summed E-state index contributed by atoms with van der Waals surface area (Å²) in [4.78, 5) is 71.6. The van der Waals surface area contributed by atoms with E-state index in [1.807, 2.05) is 12.2 Å². The quantitative estimate of drug-likeness (QED) is 0.368. The number of Topliss-reactive ketones (excluding diaryl/α,β-unsaturated/α-hetero) is 1. The van der Waals surface area contributed by atoms with E-state index in [1.54, 1.807) is 12.1 Å². The summed E-state index contributed by atoms with van der Waals surface area (Å²) in [6, 6.07) is 2.20. The van der Waals surface area contributed by atoms with Gasteiger partial charge in [-0.25, -0.2) is 22.4 Å². The van der Waals surface area contributed by atoms with Crippen LogP contribution in [0.2, 0.25) is 0 Å². The highest BCUT2D eigenvalue weighted by molar-refractivity contribution is 7.90. The van der Waals surface area contributed by atoms with Crippen LogP contribution in [0.5, 0.6) is 0 Å². The number of fused-ring (bicyclic) bond motifs is 3. The zero-order valence-corrected chi connectivity index (χ0v) is 30.1. The molecule has 0 spiro atoms. The van der Waals surface area contributed by atoms with E-state index in [0.29, 0.717) is 43.2 Å². The largest absolute Gasteiger partial charge is 0.444 e. The van der Waals surface area contributed by atoms with Crippen molar-refractivity contribution >= 4 is 39.7 Å². The first-order chi connectivity index (χ1) is 24.9. The molecule has 3 aliphatic carbocycles. The van der Waals surface area contributed by atoms with Crippen LogP contribution in [0.3, 0.4) is 0 Å². The van der Waals surface area contributed by atoms with Gasteiger partial charge >= 0.3 is 12.1 Å². The summed E-state index contributed by atoms with van der Waals surface area (Å²) in [5.41, 5.74) is -0.204. The summed E-state index contributed by atoms with van der Waals surface area (Å²) in [6.07, 6.45) is 10.2. The molecule has 3 saturated carbocycles. The summed E-state index contributed by atoms with van der Waals surface area (Å²) in [5.74, 6) is -2.40.